The summed E-state index contributed by atoms with van der Waals surface area (Å²) >= 11 is 5.42. The van der Waals surface area contributed by atoms with Crippen molar-refractivity contribution in [3.05, 3.63) is 32.8 Å². The van der Waals surface area contributed by atoms with E-state index >= 15 is 0 Å². The van der Waals surface area contributed by atoms with Crippen LogP contribution in [-0.2, 0) is 0 Å². The smallest absolute Gasteiger partial charge is 0.273 e. The number of phenolic OH excluding ortho intramolecular Hbond substituents is 1. The van der Waals surface area contributed by atoms with Gasteiger partial charge in [-0.1, -0.05) is 11.6 Å². The minimum absolute atomic E-state index is 0.324. The van der Waals surface area contributed by atoms with Gasteiger partial charge in [-0.15, -0.1) is 0 Å². The predicted octanol–water partition coefficient (Wildman–Crippen LogP) is 1.38. The molecule has 0 bridgehead atoms. The summed E-state index contributed by atoms with van der Waals surface area (Å²) in [4.78, 5) is 20.2. The number of aromatic hydroxyl groups is 1. The summed E-state index contributed by atoms with van der Waals surface area (Å²) in [5.74, 6) is -1.84. The van der Waals surface area contributed by atoms with Crippen molar-refractivity contribution in [2.75, 3.05) is 0 Å². The Morgan fingerprint density at radius 1 is 1.57 bits per heavy atom. The van der Waals surface area contributed by atoms with Gasteiger partial charge in [-0.05, 0) is 0 Å². The lowest BCUT2D eigenvalue weighted by atomic mass is 10.1. The molecule has 7 heteroatoms. The van der Waals surface area contributed by atoms with Gasteiger partial charge in [-0.3, -0.25) is 20.6 Å². The number of carbonyl (C=O) groups is 1. The molecule has 6 nitrogen and oxygen atoms in total. The first-order valence-corrected chi connectivity index (χ1v) is 3.74. The molecule has 0 atom stereocenters. The second kappa shape index (κ2) is 3.51. The van der Waals surface area contributed by atoms with Crippen molar-refractivity contribution in [3.8, 4) is 5.75 Å². The second-order valence-electron chi connectivity index (χ2n) is 2.41. The number of rotatable bonds is 2. The highest BCUT2D eigenvalue weighted by molar-refractivity contribution is 6.32. The van der Waals surface area contributed by atoms with Crippen LogP contribution in [0.15, 0.2) is 12.1 Å². The van der Waals surface area contributed by atoms with Crippen molar-refractivity contribution >= 4 is 23.2 Å². The normalized spacial score (nSPS) is 9.79. The molecule has 0 heterocycles. The summed E-state index contributed by atoms with van der Waals surface area (Å²) in [5, 5.41) is 19.2. The first-order chi connectivity index (χ1) is 6.43. The highest BCUT2D eigenvalue weighted by atomic mass is 35.5. The van der Waals surface area contributed by atoms with E-state index in [9.17, 15) is 20.0 Å². The Morgan fingerprint density at radius 2 is 2.14 bits per heavy atom. The zero-order valence-corrected chi connectivity index (χ0v) is 7.41. The molecule has 1 aromatic carbocycles. The third kappa shape index (κ3) is 1.74. The van der Waals surface area contributed by atoms with E-state index in [0.29, 0.717) is 0 Å². The third-order valence-corrected chi connectivity index (χ3v) is 1.79. The number of halogens is 1. The van der Waals surface area contributed by atoms with Gasteiger partial charge in [0.2, 0.25) is 0 Å². The number of benzene rings is 1. The van der Waals surface area contributed by atoms with Crippen LogP contribution in [0.4, 0.5) is 5.69 Å². The zero-order chi connectivity index (χ0) is 10.9. The molecule has 14 heavy (non-hydrogen) atoms. The van der Waals surface area contributed by atoms with Gasteiger partial charge in [-0.2, -0.15) is 0 Å². The van der Waals surface area contributed by atoms with Gasteiger partial charge < -0.3 is 5.11 Å². The number of nitrogens with zero attached hydrogens (tertiary/aromatic N) is 1. The third-order valence-electron chi connectivity index (χ3n) is 1.50. The molecule has 0 aliphatic carbocycles. The first kappa shape index (κ1) is 10.3. The molecule has 1 radical (unpaired) electrons. The lowest BCUT2D eigenvalue weighted by Crippen LogP contribution is -2.01. The van der Waals surface area contributed by atoms with Gasteiger partial charge in [0.1, 0.15) is 5.75 Å². The molecule has 1 amide bonds. The first-order valence-electron chi connectivity index (χ1n) is 3.36. The number of non-ortho nitro benzene ring substituents is 1. The lowest BCUT2D eigenvalue weighted by Gasteiger charge is -2.01. The Labute approximate surface area is 83.0 Å². The van der Waals surface area contributed by atoms with E-state index in [1.54, 1.807) is 0 Å². The molecule has 0 saturated carbocycles. The average Bonchev–Trinajstić information content (AvgIpc) is 2.08. The van der Waals surface area contributed by atoms with Crippen molar-refractivity contribution in [2.45, 2.75) is 0 Å². The van der Waals surface area contributed by atoms with Crippen molar-refractivity contribution in [1.82, 2.24) is 5.73 Å². The van der Waals surface area contributed by atoms with E-state index in [1.165, 1.54) is 0 Å². The van der Waals surface area contributed by atoms with Gasteiger partial charge in [0.15, 0.2) is 0 Å². The van der Waals surface area contributed by atoms with Crippen LogP contribution in [-0.4, -0.2) is 15.9 Å². The molecule has 0 fully saturated rings. The number of phenols is 1. The number of hydrogen-bond donors (Lipinski definition) is 1. The van der Waals surface area contributed by atoms with Crippen LogP contribution in [0.1, 0.15) is 10.4 Å². The Morgan fingerprint density at radius 3 is 2.57 bits per heavy atom. The number of nitro groups is 1. The summed E-state index contributed by atoms with van der Waals surface area (Å²) < 4.78 is 0. The number of amides is 1. The molecule has 0 unspecified atom stereocenters. The van der Waals surface area contributed by atoms with Crippen LogP contribution in [0.5, 0.6) is 5.75 Å². The number of nitro benzene ring substituents is 1. The van der Waals surface area contributed by atoms with Crippen LogP contribution < -0.4 is 5.73 Å². The zero-order valence-electron chi connectivity index (χ0n) is 6.65. The predicted molar refractivity (Wildman–Crippen MR) is 47.2 cm³/mol. The fourth-order valence-corrected chi connectivity index (χ4v) is 1.08. The van der Waals surface area contributed by atoms with Gasteiger partial charge in [0, 0.05) is 12.1 Å². The van der Waals surface area contributed by atoms with Crippen LogP contribution in [0.3, 0.4) is 0 Å². The maximum atomic E-state index is 10.6. The van der Waals surface area contributed by atoms with E-state index < -0.39 is 27.8 Å². The standard InChI is InChI=1S/C7H4ClN2O4/c8-5-2-3(10(13)14)1-4(6(5)11)7(9)12/h1-2,9,11H. The van der Waals surface area contributed by atoms with Crippen LogP contribution >= 0.6 is 11.6 Å². The maximum Gasteiger partial charge on any atom is 0.273 e. The molecule has 2 N–H and O–H groups in total. The molecule has 1 aromatic rings. The number of carbonyl (C=O) groups excluding carboxylic acids is 1. The van der Waals surface area contributed by atoms with Gasteiger partial charge in [0.25, 0.3) is 11.6 Å². The Kier molecular flexibility index (Phi) is 2.57. The molecule has 0 aromatic heterocycles. The fourth-order valence-electron chi connectivity index (χ4n) is 0.863. The average molecular weight is 216 g/mol. The largest absolute Gasteiger partial charge is 0.506 e. The molecule has 1 rings (SSSR count). The van der Waals surface area contributed by atoms with Crippen LogP contribution in [0, 0.1) is 10.1 Å². The van der Waals surface area contributed by atoms with Crippen molar-refractivity contribution < 1.29 is 14.8 Å². The van der Waals surface area contributed by atoms with Gasteiger partial charge >= 0.3 is 0 Å². The topological polar surface area (TPSA) is 104 Å². The molecule has 0 saturated heterocycles. The number of hydrogen-bond acceptors (Lipinski definition) is 4. The minimum atomic E-state index is -1.23. The second-order valence-corrected chi connectivity index (χ2v) is 2.82. The minimum Gasteiger partial charge on any atom is -0.506 e. The highest BCUT2D eigenvalue weighted by Gasteiger charge is 2.18. The highest BCUT2D eigenvalue weighted by Crippen LogP contribution is 2.31. The fraction of sp³-hybridized carbons (Fsp3) is 0. The number of nitrogens with one attached hydrogen (secondary N) is 1. The van der Waals surface area contributed by atoms with E-state index in [2.05, 4.69) is 0 Å². The summed E-state index contributed by atoms with van der Waals surface area (Å²) in [6.45, 7) is 0. The van der Waals surface area contributed by atoms with E-state index in [-0.39, 0.29) is 5.02 Å². The van der Waals surface area contributed by atoms with Gasteiger partial charge in [-0.25, -0.2) is 0 Å². The SMILES string of the molecule is [NH]C(=O)c1cc([N+](=O)[O-])cc(Cl)c1O. The van der Waals surface area contributed by atoms with E-state index in [4.69, 9.17) is 17.3 Å². The van der Waals surface area contributed by atoms with E-state index in [0.717, 1.165) is 12.1 Å². The van der Waals surface area contributed by atoms with E-state index in [1.807, 2.05) is 0 Å². The summed E-state index contributed by atoms with van der Waals surface area (Å²) in [7, 11) is 0. The Hall–Kier alpha value is -1.82. The molecule has 73 valence electrons. The molecule has 0 aliphatic heterocycles. The quantitative estimate of drug-likeness (QED) is 0.594. The summed E-state index contributed by atoms with van der Waals surface area (Å²) in [6, 6.07) is 1.71. The molecular weight excluding hydrogens is 212 g/mol. The summed E-state index contributed by atoms with van der Waals surface area (Å²) in [6.07, 6.45) is 0. The van der Waals surface area contributed by atoms with Gasteiger partial charge in [0.05, 0.1) is 15.5 Å². The molecule has 0 aliphatic rings. The van der Waals surface area contributed by atoms with Crippen molar-refractivity contribution in [1.29, 1.82) is 0 Å². The lowest BCUT2D eigenvalue weighted by molar-refractivity contribution is -0.384. The van der Waals surface area contributed by atoms with Crippen LogP contribution in [0.25, 0.3) is 0 Å². The monoisotopic (exact) mass is 215 g/mol. The van der Waals surface area contributed by atoms with Crippen LogP contribution in [0.2, 0.25) is 5.02 Å². The molecular formula is C7H4ClN2O4. The molecule has 0 spiro atoms. The Balaban J connectivity index is 3.43. The van der Waals surface area contributed by atoms with Crippen molar-refractivity contribution in [3.63, 3.8) is 0 Å². The Bertz CT molecular complexity index is 418. The summed E-state index contributed by atoms with van der Waals surface area (Å²) in [5.41, 5.74) is 5.79. The van der Waals surface area contributed by atoms with Crippen molar-refractivity contribution in [2.24, 2.45) is 0 Å². The maximum absolute atomic E-state index is 10.6.